The molecule has 1 heterocycles. The summed E-state index contributed by atoms with van der Waals surface area (Å²) in [5.74, 6) is 0.932. The van der Waals surface area contributed by atoms with Crippen molar-refractivity contribution in [1.29, 1.82) is 0 Å². The predicted octanol–water partition coefficient (Wildman–Crippen LogP) is 2.52. The van der Waals surface area contributed by atoms with Gasteiger partial charge < -0.3 is 14.2 Å². The summed E-state index contributed by atoms with van der Waals surface area (Å²) in [4.78, 5) is 15.8. The SMILES string of the molecule is COc1ccc(C=NNC(=O)c2cccnc2Cl)c(OC)c1OC. The molecular formula is C16H16ClN3O4. The van der Waals surface area contributed by atoms with Crippen molar-refractivity contribution < 1.29 is 19.0 Å². The number of hydrogen-bond acceptors (Lipinski definition) is 6. The van der Waals surface area contributed by atoms with Crippen molar-refractivity contribution in [3.05, 3.63) is 46.7 Å². The largest absolute Gasteiger partial charge is 0.493 e. The molecule has 0 spiro atoms. The summed E-state index contributed by atoms with van der Waals surface area (Å²) >= 11 is 5.86. The van der Waals surface area contributed by atoms with E-state index in [4.69, 9.17) is 25.8 Å². The van der Waals surface area contributed by atoms with Crippen LogP contribution in [0.5, 0.6) is 17.2 Å². The number of benzene rings is 1. The first kappa shape index (κ1) is 17.6. The van der Waals surface area contributed by atoms with E-state index in [0.29, 0.717) is 22.8 Å². The molecule has 0 saturated heterocycles. The number of amides is 1. The lowest BCUT2D eigenvalue weighted by Crippen LogP contribution is -2.18. The Morgan fingerprint density at radius 1 is 1.17 bits per heavy atom. The van der Waals surface area contributed by atoms with Crippen molar-refractivity contribution in [2.45, 2.75) is 0 Å². The number of aromatic nitrogens is 1. The Morgan fingerprint density at radius 3 is 2.54 bits per heavy atom. The number of carbonyl (C=O) groups excluding carboxylic acids is 1. The zero-order valence-corrected chi connectivity index (χ0v) is 14.1. The van der Waals surface area contributed by atoms with E-state index in [-0.39, 0.29) is 10.7 Å². The van der Waals surface area contributed by atoms with Gasteiger partial charge in [-0.2, -0.15) is 5.10 Å². The van der Waals surface area contributed by atoms with Gasteiger partial charge in [-0.3, -0.25) is 4.79 Å². The Bertz CT molecular complexity index is 765. The molecule has 1 N–H and O–H groups in total. The number of methoxy groups -OCH3 is 3. The first-order chi connectivity index (χ1) is 11.6. The van der Waals surface area contributed by atoms with Crippen molar-refractivity contribution in [2.75, 3.05) is 21.3 Å². The summed E-state index contributed by atoms with van der Waals surface area (Å²) in [6.45, 7) is 0. The average Bonchev–Trinajstić information content (AvgIpc) is 2.61. The number of hydrogen-bond donors (Lipinski definition) is 1. The highest BCUT2D eigenvalue weighted by Gasteiger charge is 2.15. The van der Waals surface area contributed by atoms with Gasteiger partial charge in [-0.1, -0.05) is 11.6 Å². The molecule has 1 amide bonds. The topological polar surface area (TPSA) is 82.0 Å². The van der Waals surface area contributed by atoms with E-state index in [1.54, 1.807) is 24.3 Å². The van der Waals surface area contributed by atoms with Crippen LogP contribution in [0.4, 0.5) is 0 Å². The van der Waals surface area contributed by atoms with Crippen LogP contribution in [0.25, 0.3) is 0 Å². The zero-order chi connectivity index (χ0) is 17.5. The first-order valence-corrected chi connectivity index (χ1v) is 7.23. The minimum absolute atomic E-state index is 0.105. The van der Waals surface area contributed by atoms with Gasteiger partial charge in [0.2, 0.25) is 5.75 Å². The van der Waals surface area contributed by atoms with Crippen LogP contribution in [0, 0.1) is 0 Å². The Morgan fingerprint density at radius 2 is 1.92 bits per heavy atom. The van der Waals surface area contributed by atoms with E-state index in [2.05, 4.69) is 15.5 Å². The van der Waals surface area contributed by atoms with Gasteiger partial charge in [0.25, 0.3) is 5.91 Å². The number of pyridine rings is 1. The highest BCUT2D eigenvalue weighted by molar-refractivity contribution is 6.32. The van der Waals surface area contributed by atoms with Crippen LogP contribution in [0.3, 0.4) is 0 Å². The molecule has 0 saturated carbocycles. The smallest absolute Gasteiger partial charge is 0.274 e. The molecule has 24 heavy (non-hydrogen) atoms. The van der Waals surface area contributed by atoms with Gasteiger partial charge in [0, 0.05) is 11.8 Å². The van der Waals surface area contributed by atoms with Gasteiger partial charge in [-0.15, -0.1) is 0 Å². The Kier molecular flexibility index (Phi) is 5.97. The van der Waals surface area contributed by atoms with Gasteiger partial charge in [0.1, 0.15) is 5.15 Å². The summed E-state index contributed by atoms with van der Waals surface area (Å²) in [5.41, 5.74) is 3.22. The molecule has 2 aromatic rings. The molecule has 0 aliphatic rings. The molecule has 0 atom stereocenters. The second-order valence-electron chi connectivity index (χ2n) is 4.46. The molecule has 0 aliphatic heterocycles. The Labute approximate surface area is 144 Å². The highest BCUT2D eigenvalue weighted by atomic mass is 35.5. The molecule has 0 aliphatic carbocycles. The van der Waals surface area contributed by atoms with Crippen molar-refractivity contribution in [3.8, 4) is 17.2 Å². The summed E-state index contributed by atoms with van der Waals surface area (Å²) in [6.07, 6.45) is 2.93. The maximum atomic E-state index is 12.0. The number of hydrazone groups is 1. The van der Waals surface area contributed by atoms with Gasteiger partial charge in [-0.05, 0) is 24.3 Å². The lowest BCUT2D eigenvalue weighted by molar-refractivity contribution is 0.0955. The minimum atomic E-state index is -0.469. The fraction of sp³-hybridized carbons (Fsp3) is 0.188. The number of halogens is 1. The van der Waals surface area contributed by atoms with Crippen molar-refractivity contribution >= 4 is 23.7 Å². The van der Waals surface area contributed by atoms with Crippen LogP contribution in [0.15, 0.2) is 35.6 Å². The van der Waals surface area contributed by atoms with Crippen molar-refractivity contribution in [3.63, 3.8) is 0 Å². The summed E-state index contributed by atoms with van der Waals surface area (Å²) in [7, 11) is 4.54. The minimum Gasteiger partial charge on any atom is -0.493 e. The maximum absolute atomic E-state index is 12.0. The maximum Gasteiger partial charge on any atom is 0.274 e. The number of rotatable bonds is 6. The molecule has 126 valence electrons. The average molecular weight is 350 g/mol. The molecule has 7 nitrogen and oxygen atoms in total. The summed E-state index contributed by atoms with van der Waals surface area (Å²) in [5, 5.41) is 4.02. The first-order valence-electron chi connectivity index (χ1n) is 6.85. The van der Waals surface area contributed by atoms with E-state index in [0.717, 1.165) is 0 Å². The Balaban J connectivity index is 2.20. The lowest BCUT2D eigenvalue weighted by Gasteiger charge is -2.13. The molecule has 0 fully saturated rings. The van der Waals surface area contributed by atoms with Crippen LogP contribution < -0.4 is 19.6 Å². The molecule has 1 aromatic heterocycles. The summed E-state index contributed by atoms with van der Waals surface area (Å²) in [6, 6.07) is 6.61. The Hall–Kier alpha value is -2.80. The van der Waals surface area contributed by atoms with Crippen LogP contribution in [0.1, 0.15) is 15.9 Å². The number of ether oxygens (including phenoxy) is 3. The quantitative estimate of drug-likeness (QED) is 0.492. The normalized spacial score (nSPS) is 10.5. The standard InChI is InChI=1S/C16H16ClN3O4/c1-22-12-7-6-10(13(23-2)14(12)24-3)9-19-20-16(21)11-5-4-8-18-15(11)17/h4-9H,1-3H3,(H,20,21). The molecule has 0 bridgehead atoms. The van der Waals surface area contributed by atoms with Gasteiger partial charge in [0.05, 0.1) is 33.1 Å². The predicted molar refractivity (Wildman–Crippen MR) is 90.4 cm³/mol. The molecule has 1 aromatic carbocycles. The third kappa shape index (κ3) is 3.75. The second kappa shape index (κ2) is 8.16. The highest BCUT2D eigenvalue weighted by Crippen LogP contribution is 2.38. The third-order valence-corrected chi connectivity index (χ3v) is 3.41. The molecule has 0 radical (unpaired) electrons. The van der Waals surface area contributed by atoms with Crippen LogP contribution in [-0.2, 0) is 0 Å². The monoisotopic (exact) mass is 349 g/mol. The van der Waals surface area contributed by atoms with Crippen LogP contribution in [0.2, 0.25) is 5.15 Å². The van der Waals surface area contributed by atoms with Gasteiger partial charge in [-0.25, -0.2) is 10.4 Å². The molecule has 0 unspecified atom stereocenters. The zero-order valence-electron chi connectivity index (χ0n) is 13.4. The van der Waals surface area contributed by atoms with Crippen LogP contribution >= 0.6 is 11.6 Å². The number of nitrogens with zero attached hydrogens (tertiary/aromatic N) is 2. The van der Waals surface area contributed by atoms with E-state index >= 15 is 0 Å². The van der Waals surface area contributed by atoms with Crippen molar-refractivity contribution in [2.24, 2.45) is 5.10 Å². The molecule has 8 heteroatoms. The van der Waals surface area contributed by atoms with E-state index in [1.165, 1.54) is 33.7 Å². The summed E-state index contributed by atoms with van der Waals surface area (Å²) < 4.78 is 15.8. The molecule has 2 rings (SSSR count). The van der Waals surface area contributed by atoms with E-state index in [9.17, 15) is 4.79 Å². The van der Waals surface area contributed by atoms with Gasteiger partial charge >= 0.3 is 0 Å². The van der Waals surface area contributed by atoms with Crippen LogP contribution in [-0.4, -0.2) is 38.4 Å². The fourth-order valence-electron chi connectivity index (χ4n) is 2.00. The number of carbonyl (C=O) groups is 1. The van der Waals surface area contributed by atoms with E-state index in [1.807, 2.05) is 0 Å². The lowest BCUT2D eigenvalue weighted by atomic mass is 10.2. The third-order valence-electron chi connectivity index (χ3n) is 3.11. The second-order valence-corrected chi connectivity index (χ2v) is 4.82. The fourth-order valence-corrected chi connectivity index (χ4v) is 2.21. The number of nitrogens with one attached hydrogen (secondary N) is 1. The molecular weight excluding hydrogens is 334 g/mol. The van der Waals surface area contributed by atoms with Gasteiger partial charge in [0.15, 0.2) is 11.5 Å². The van der Waals surface area contributed by atoms with E-state index < -0.39 is 5.91 Å². The van der Waals surface area contributed by atoms with Crippen molar-refractivity contribution in [1.82, 2.24) is 10.4 Å².